The quantitative estimate of drug-likeness (QED) is 0.0261. The van der Waals surface area contributed by atoms with Crippen LogP contribution in [-0.4, -0.2) is 37.2 Å². The van der Waals surface area contributed by atoms with E-state index in [4.69, 9.17) is 14.2 Å². The highest BCUT2D eigenvalue weighted by Crippen LogP contribution is 2.14. The van der Waals surface area contributed by atoms with Crippen LogP contribution in [0, 0.1) is 0 Å². The maximum absolute atomic E-state index is 12.9. The van der Waals surface area contributed by atoms with Crippen LogP contribution in [0.25, 0.3) is 0 Å². The van der Waals surface area contributed by atoms with Gasteiger partial charge in [0.25, 0.3) is 0 Å². The van der Waals surface area contributed by atoms with Gasteiger partial charge in [0.2, 0.25) is 0 Å². The van der Waals surface area contributed by atoms with Gasteiger partial charge in [0.15, 0.2) is 6.10 Å². The first kappa shape index (κ1) is 66.8. The lowest BCUT2D eigenvalue weighted by Gasteiger charge is -2.18. The third-order valence-corrected chi connectivity index (χ3v) is 11.9. The average Bonchev–Trinajstić information content (AvgIpc) is 3.37. The summed E-state index contributed by atoms with van der Waals surface area (Å²) >= 11 is 0. The van der Waals surface area contributed by atoms with Crippen LogP contribution in [0.2, 0.25) is 0 Å². The Morgan fingerprint density at radius 1 is 0.282 bits per heavy atom. The van der Waals surface area contributed by atoms with Gasteiger partial charge in [-0.25, -0.2) is 0 Å². The number of carbonyl (C=O) groups excluding carboxylic acids is 3. The molecule has 0 aliphatic carbocycles. The Labute approximate surface area is 437 Å². The summed E-state index contributed by atoms with van der Waals surface area (Å²) in [7, 11) is 0. The second-order valence-corrected chi connectivity index (χ2v) is 18.8. The van der Waals surface area contributed by atoms with Crippen molar-refractivity contribution in [2.45, 2.75) is 258 Å². The standard InChI is InChI=1S/C65H106O6/c1-4-7-10-13-16-19-22-25-28-31-32-35-37-40-43-46-49-52-55-58-64(67)70-61-62(71-65(68)59-56-53-50-47-44-41-38-34-30-27-24-21-18-15-12-9-6-3)60-69-63(66)57-54-51-48-45-42-39-36-33-29-26-23-20-17-14-11-8-5-2/h7-12,16-21,25-30,32,35,62H,4-6,13-15,22-24,31,33-34,36-61H2,1-3H3/b10-7-,11-8-,12-9-,19-16-,20-17-,21-18-,28-25-,29-26-,30-27-,35-32-. The molecule has 1 unspecified atom stereocenters. The highest BCUT2D eigenvalue weighted by molar-refractivity contribution is 5.71. The van der Waals surface area contributed by atoms with Crippen molar-refractivity contribution in [3.8, 4) is 0 Å². The molecule has 402 valence electrons. The molecule has 0 radical (unpaired) electrons. The molecular formula is C65H106O6. The molecule has 0 aliphatic heterocycles. The fraction of sp³-hybridized carbons (Fsp3) is 0.646. The molecule has 0 aromatic rings. The van der Waals surface area contributed by atoms with Gasteiger partial charge in [0.1, 0.15) is 13.2 Å². The summed E-state index contributed by atoms with van der Waals surface area (Å²) in [4.78, 5) is 38.2. The molecule has 0 saturated carbocycles. The Morgan fingerprint density at radius 2 is 0.507 bits per heavy atom. The van der Waals surface area contributed by atoms with Crippen molar-refractivity contribution in [1.82, 2.24) is 0 Å². The minimum atomic E-state index is -0.798. The summed E-state index contributed by atoms with van der Waals surface area (Å²) in [5, 5.41) is 0. The zero-order valence-corrected chi connectivity index (χ0v) is 45.9. The summed E-state index contributed by atoms with van der Waals surface area (Å²) in [6, 6.07) is 0. The maximum Gasteiger partial charge on any atom is 0.306 e. The molecule has 6 nitrogen and oxygen atoms in total. The third-order valence-electron chi connectivity index (χ3n) is 11.9. The van der Waals surface area contributed by atoms with Crippen molar-refractivity contribution >= 4 is 17.9 Å². The Bertz CT molecular complexity index is 1500. The van der Waals surface area contributed by atoms with Crippen molar-refractivity contribution in [3.05, 3.63) is 122 Å². The SMILES string of the molecule is CC/C=C\C/C=C\C/C=C\C/C=C\CCCCCCCCC(=O)OCC(COC(=O)CCCCCCCCC/C=C\C/C=C\C/C=C\CC)OC(=O)CCCCCCCCC/C=C\C/C=C\C/C=C\CC. The topological polar surface area (TPSA) is 78.9 Å². The number of hydrogen-bond acceptors (Lipinski definition) is 6. The van der Waals surface area contributed by atoms with Gasteiger partial charge in [0, 0.05) is 19.3 Å². The predicted molar refractivity (Wildman–Crippen MR) is 306 cm³/mol. The van der Waals surface area contributed by atoms with E-state index in [1.165, 1.54) is 64.2 Å². The van der Waals surface area contributed by atoms with E-state index in [0.29, 0.717) is 19.3 Å². The van der Waals surface area contributed by atoms with Crippen LogP contribution in [0.1, 0.15) is 252 Å². The molecule has 0 saturated heterocycles. The van der Waals surface area contributed by atoms with E-state index in [-0.39, 0.29) is 31.1 Å². The van der Waals surface area contributed by atoms with Gasteiger partial charge in [0.05, 0.1) is 0 Å². The molecule has 0 spiro atoms. The Kier molecular flexibility index (Phi) is 54.9. The van der Waals surface area contributed by atoms with Crippen LogP contribution in [0.15, 0.2) is 122 Å². The molecule has 0 N–H and O–H groups in total. The molecule has 71 heavy (non-hydrogen) atoms. The number of carbonyl (C=O) groups is 3. The molecule has 0 rings (SSSR count). The zero-order valence-electron chi connectivity index (χ0n) is 45.9. The Morgan fingerprint density at radius 3 is 0.789 bits per heavy atom. The van der Waals surface area contributed by atoms with Crippen LogP contribution >= 0.6 is 0 Å². The highest BCUT2D eigenvalue weighted by Gasteiger charge is 2.19. The number of allylic oxidation sites excluding steroid dienone is 20. The van der Waals surface area contributed by atoms with Crippen molar-refractivity contribution in [3.63, 3.8) is 0 Å². The monoisotopic (exact) mass is 983 g/mol. The Hall–Kier alpha value is -4.19. The van der Waals surface area contributed by atoms with Crippen LogP contribution < -0.4 is 0 Å². The van der Waals surface area contributed by atoms with Gasteiger partial charge in [-0.1, -0.05) is 232 Å². The summed E-state index contributed by atoms with van der Waals surface area (Å²) in [6.45, 7) is 6.28. The van der Waals surface area contributed by atoms with Gasteiger partial charge in [-0.05, 0) is 122 Å². The van der Waals surface area contributed by atoms with Crippen molar-refractivity contribution in [1.29, 1.82) is 0 Å². The second-order valence-electron chi connectivity index (χ2n) is 18.8. The fourth-order valence-electron chi connectivity index (χ4n) is 7.70. The molecule has 0 aromatic carbocycles. The van der Waals surface area contributed by atoms with E-state index in [1.54, 1.807) is 0 Å². The first-order chi connectivity index (χ1) is 35.0. The predicted octanol–water partition coefficient (Wildman–Crippen LogP) is 19.6. The van der Waals surface area contributed by atoms with Gasteiger partial charge in [-0.15, -0.1) is 0 Å². The maximum atomic E-state index is 12.9. The fourth-order valence-corrected chi connectivity index (χ4v) is 7.70. The van der Waals surface area contributed by atoms with Crippen molar-refractivity contribution in [2.75, 3.05) is 13.2 Å². The van der Waals surface area contributed by atoms with Crippen molar-refractivity contribution in [2.24, 2.45) is 0 Å². The van der Waals surface area contributed by atoms with Gasteiger partial charge >= 0.3 is 17.9 Å². The number of unbranched alkanes of at least 4 members (excludes halogenated alkanes) is 20. The van der Waals surface area contributed by atoms with Crippen LogP contribution in [-0.2, 0) is 28.6 Å². The number of rotatable bonds is 51. The summed E-state index contributed by atoms with van der Waals surface area (Å²) in [6.07, 6.45) is 80.4. The molecule has 0 heterocycles. The van der Waals surface area contributed by atoms with E-state index in [9.17, 15) is 14.4 Å². The molecular weight excluding hydrogens is 877 g/mol. The molecule has 0 aliphatic rings. The summed E-state index contributed by atoms with van der Waals surface area (Å²) in [5.74, 6) is -0.928. The largest absolute Gasteiger partial charge is 0.462 e. The van der Waals surface area contributed by atoms with E-state index in [2.05, 4.69) is 142 Å². The average molecular weight is 984 g/mol. The molecule has 0 bridgehead atoms. The lowest BCUT2D eigenvalue weighted by Crippen LogP contribution is -2.30. The summed E-state index contributed by atoms with van der Waals surface area (Å²) < 4.78 is 16.9. The first-order valence-electron chi connectivity index (χ1n) is 29.0. The van der Waals surface area contributed by atoms with Gasteiger partial charge in [-0.2, -0.15) is 0 Å². The minimum absolute atomic E-state index is 0.0949. The normalized spacial score (nSPS) is 13.0. The molecule has 0 aromatic heterocycles. The summed E-state index contributed by atoms with van der Waals surface area (Å²) in [5.41, 5.74) is 0. The number of esters is 3. The van der Waals surface area contributed by atoms with E-state index in [1.807, 2.05) is 0 Å². The lowest BCUT2D eigenvalue weighted by atomic mass is 10.1. The first-order valence-corrected chi connectivity index (χ1v) is 29.0. The van der Waals surface area contributed by atoms with Gasteiger partial charge in [-0.3, -0.25) is 14.4 Å². The Balaban J connectivity index is 4.46. The number of hydrogen-bond donors (Lipinski definition) is 0. The second kappa shape index (κ2) is 58.4. The zero-order chi connectivity index (χ0) is 51.4. The van der Waals surface area contributed by atoms with Crippen LogP contribution in [0.4, 0.5) is 0 Å². The molecule has 0 amide bonds. The molecule has 1 atom stereocenters. The lowest BCUT2D eigenvalue weighted by molar-refractivity contribution is -0.167. The highest BCUT2D eigenvalue weighted by atomic mass is 16.6. The van der Waals surface area contributed by atoms with Crippen LogP contribution in [0.5, 0.6) is 0 Å². The van der Waals surface area contributed by atoms with Crippen molar-refractivity contribution < 1.29 is 28.6 Å². The number of ether oxygens (including phenoxy) is 3. The van der Waals surface area contributed by atoms with Crippen LogP contribution in [0.3, 0.4) is 0 Å². The smallest absolute Gasteiger partial charge is 0.306 e. The third kappa shape index (κ3) is 56.6. The minimum Gasteiger partial charge on any atom is -0.462 e. The molecule has 0 fully saturated rings. The van der Waals surface area contributed by atoms with E-state index in [0.717, 1.165) is 148 Å². The van der Waals surface area contributed by atoms with Gasteiger partial charge < -0.3 is 14.2 Å². The molecule has 6 heteroatoms. The van der Waals surface area contributed by atoms with E-state index < -0.39 is 6.10 Å². The van der Waals surface area contributed by atoms with E-state index >= 15 is 0 Å².